The predicted molar refractivity (Wildman–Crippen MR) is 110 cm³/mol. The third-order valence-electron chi connectivity index (χ3n) is 7.30. The summed E-state index contributed by atoms with van der Waals surface area (Å²) in [6.45, 7) is 2.24. The molecule has 3 aliphatic carbocycles. The van der Waals surface area contributed by atoms with Crippen molar-refractivity contribution in [2.45, 2.75) is 50.4 Å². The highest BCUT2D eigenvalue weighted by Crippen LogP contribution is 2.59. The van der Waals surface area contributed by atoms with E-state index in [0.717, 1.165) is 47.4 Å². The third kappa shape index (κ3) is 3.15. The van der Waals surface area contributed by atoms with E-state index >= 15 is 0 Å². The molecule has 9 nitrogen and oxygen atoms in total. The monoisotopic (exact) mass is 452 g/mol. The Bertz CT molecular complexity index is 1090. The van der Waals surface area contributed by atoms with Crippen LogP contribution in [0.4, 0.5) is 0 Å². The van der Waals surface area contributed by atoms with E-state index in [4.69, 9.17) is 15.2 Å². The van der Waals surface area contributed by atoms with E-state index in [2.05, 4.69) is 33.5 Å². The van der Waals surface area contributed by atoms with E-state index in [1.807, 2.05) is 6.07 Å². The summed E-state index contributed by atoms with van der Waals surface area (Å²) in [5, 5.41) is 9.68. The zero-order chi connectivity index (χ0) is 21.1. The average Bonchev–Trinajstić information content (AvgIpc) is 3.25. The van der Waals surface area contributed by atoms with Crippen LogP contribution in [0.2, 0.25) is 0 Å². The van der Waals surface area contributed by atoms with Crippen LogP contribution in [0.5, 0.6) is 5.75 Å². The van der Waals surface area contributed by atoms with E-state index in [0.29, 0.717) is 35.8 Å². The molecule has 0 aliphatic heterocycles. The van der Waals surface area contributed by atoms with Crippen LogP contribution in [-0.4, -0.2) is 17.6 Å². The molecular formula is C19H24N4O5S2. The molecule has 0 spiro atoms. The van der Waals surface area contributed by atoms with Crippen LogP contribution in [0.1, 0.15) is 54.5 Å². The van der Waals surface area contributed by atoms with E-state index in [1.165, 1.54) is 11.1 Å². The van der Waals surface area contributed by atoms with Crippen LogP contribution < -0.4 is 15.2 Å². The molecule has 1 saturated carbocycles. The molecule has 3 unspecified atom stereocenters. The normalized spacial score (nSPS) is 29.6. The smallest absolute Gasteiger partial charge is 0.317 e. The number of nitrogens with two attached hydrogens (primary N) is 2. The van der Waals surface area contributed by atoms with Crippen molar-refractivity contribution in [3.63, 3.8) is 0 Å². The number of rotatable bonds is 5. The lowest BCUT2D eigenvalue weighted by atomic mass is 9.55. The van der Waals surface area contributed by atoms with Crippen molar-refractivity contribution in [1.82, 2.24) is 9.19 Å². The quantitative estimate of drug-likeness (QED) is 0.306. The van der Waals surface area contributed by atoms with Gasteiger partial charge in [0.2, 0.25) is 0 Å². The number of aryl methyl sites for hydroxylation is 1. The van der Waals surface area contributed by atoms with Gasteiger partial charge >= 0.3 is 10.2 Å². The van der Waals surface area contributed by atoms with Crippen molar-refractivity contribution in [2.75, 3.05) is 0 Å². The van der Waals surface area contributed by atoms with Gasteiger partial charge in [-0.1, -0.05) is 13.0 Å². The van der Waals surface area contributed by atoms with Crippen molar-refractivity contribution in [3.8, 4) is 5.75 Å². The Morgan fingerprint density at radius 2 is 2.13 bits per heavy atom. The van der Waals surface area contributed by atoms with Gasteiger partial charge in [-0.3, -0.25) is 0 Å². The fourth-order valence-corrected chi connectivity index (χ4v) is 6.77. The minimum Gasteiger partial charge on any atom is -0.399 e. The topological polar surface area (TPSA) is 132 Å². The van der Waals surface area contributed by atoms with Gasteiger partial charge in [-0.25, -0.2) is 5.14 Å². The number of benzene rings is 1. The minimum absolute atomic E-state index is 0.108. The lowest BCUT2D eigenvalue weighted by molar-refractivity contribution is -0.199. The molecule has 1 heterocycles. The summed E-state index contributed by atoms with van der Waals surface area (Å²) in [5.74, 6) is 7.01. The van der Waals surface area contributed by atoms with Crippen LogP contribution in [-0.2, 0) is 37.8 Å². The SMILES string of the molecule is C[C@]12CCC3c4ccc(OSOON)cc4CCC3C1Cc1cn(S(N)(=O)=O)nc12. The highest BCUT2D eigenvalue weighted by molar-refractivity contribution is 7.90. The Morgan fingerprint density at radius 1 is 1.30 bits per heavy atom. The summed E-state index contributed by atoms with van der Waals surface area (Å²) in [7, 11) is -3.85. The Balaban J connectivity index is 1.40. The van der Waals surface area contributed by atoms with Gasteiger partial charge in [0.1, 0.15) is 5.75 Å². The summed E-state index contributed by atoms with van der Waals surface area (Å²) in [6.07, 6.45) is 6.55. The summed E-state index contributed by atoms with van der Waals surface area (Å²) in [6, 6.07) is 6.16. The first-order chi connectivity index (χ1) is 14.3. The van der Waals surface area contributed by atoms with Gasteiger partial charge in [0.25, 0.3) is 12.3 Å². The van der Waals surface area contributed by atoms with Crippen molar-refractivity contribution in [2.24, 2.45) is 22.9 Å². The molecule has 0 amide bonds. The fourth-order valence-electron chi connectivity index (χ4n) is 6.05. The predicted octanol–water partition coefficient (Wildman–Crippen LogP) is 2.27. The van der Waals surface area contributed by atoms with Gasteiger partial charge in [0.05, 0.1) is 5.69 Å². The highest BCUT2D eigenvalue weighted by atomic mass is 32.2. The van der Waals surface area contributed by atoms with E-state index in [-0.39, 0.29) is 5.41 Å². The van der Waals surface area contributed by atoms with Gasteiger partial charge in [-0.2, -0.15) is 23.5 Å². The first-order valence-electron chi connectivity index (χ1n) is 9.93. The molecule has 0 saturated heterocycles. The molecule has 5 rings (SSSR count). The minimum atomic E-state index is -3.85. The molecule has 4 N–H and O–H groups in total. The number of hydrogen-bond acceptors (Lipinski definition) is 8. The van der Waals surface area contributed by atoms with Gasteiger partial charge in [0.15, 0.2) is 0 Å². The molecule has 0 bridgehead atoms. The van der Waals surface area contributed by atoms with E-state index in [1.54, 1.807) is 6.20 Å². The number of hydrogen-bond donors (Lipinski definition) is 2. The number of aromatic nitrogens is 2. The molecule has 3 aliphatic rings. The largest absolute Gasteiger partial charge is 0.399 e. The van der Waals surface area contributed by atoms with Crippen LogP contribution in [0.15, 0.2) is 24.4 Å². The molecule has 162 valence electrons. The summed E-state index contributed by atoms with van der Waals surface area (Å²) in [5.41, 5.74) is 4.52. The third-order valence-corrected chi connectivity index (χ3v) is 8.40. The maximum atomic E-state index is 11.7. The fraction of sp³-hybridized carbons (Fsp3) is 0.526. The van der Waals surface area contributed by atoms with Crippen molar-refractivity contribution in [3.05, 3.63) is 46.8 Å². The molecular weight excluding hydrogens is 428 g/mol. The van der Waals surface area contributed by atoms with Gasteiger partial charge in [-0.05, 0) is 78.7 Å². The molecule has 2 aromatic rings. The molecule has 30 heavy (non-hydrogen) atoms. The first-order valence-corrected chi connectivity index (χ1v) is 12.1. The Morgan fingerprint density at radius 3 is 2.90 bits per heavy atom. The van der Waals surface area contributed by atoms with E-state index < -0.39 is 10.2 Å². The second-order valence-corrected chi connectivity index (χ2v) is 10.5. The molecule has 4 atom stereocenters. The Hall–Kier alpha value is -1.63. The zero-order valence-corrected chi connectivity index (χ0v) is 18.1. The molecule has 1 aromatic heterocycles. The second-order valence-electron chi connectivity index (χ2n) is 8.67. The van der Waals surface area contributed by atoms with Crippen LogP contribution in [0, 0.1) is 11.8 Å². The van der Waals surface area contributed by atoms with Crippen LogP contribution >= 0.6 is 12.3 Å². The van der Waals surface area contributed by atoms with Crippen LogP contribution in [0.3, 0.4) is 0 Å². The van der Waals surface area contributed by atoms with Gasteiger partial charge in [0, 0.05) is 11.6 Å². The number of nitrogens with zero attached hydrogens (tertiary/aromatic N) is 2. The van der Waals surface area contributed by atoms with Crippen LogP contribution in [0.25, 0.3) is 0 Å². The first kappa shape index (κ1) is 20.3. The maximum absolute atomic E-state index is 11.7. The molecule has 1 fully saturated rings. The van der Waals surface area contributed by atoms with Crippen molar-refractivity contribution >= 4 is 22.5 Å². The highest BCUT2D eigenvalue weighted by Gasteiger charge is 2.54. The summed E-state index contributed by atoms with van der Waals surface area (Å²) >= 11 is 0.681. The summed E-state index contributed by atoms with van der Waals surface area (Å²) in [4.78, 5) is 4.03. The molecule has 11 heteroatoms. The zero-order valence-electron chi connectivity index (χ0n) is 16.5. The lowest BCUT2D eigenvalue weighted by Gasteiger charge is -2.49. The molecule has 0 radical (unpaired) electrons. The summed E-state index contributed by atoms with van der Waals surface area (Å²) < 4.78 is 34.3. The lowest BCUT2D eigenvalue weighted by Crippen LogP contribution is -2.43. The van der Waals surface area contributed by atoms with Crippen molar-refractivity contribution in [1.29, 1.82) is 0 Å². The van der Waals surface area contributed by atoms with E-state index in [9.17, 15) is 8.42 Å². The second kappa shape index (κ2) is 7.21. The maximum Gasteiger partial charge on any atom is 0.317 e. The average molecular weight is 453 g/mol. The number of fused-ring (bicyclic) bond motifs is 7. The van der Waals surface area contributed by atoms with Crippen molar-refractivity contribution < 1.29 is 21.9 Å². The van der Waals surface area contributed by atoms with Gasteiger partial charge < -0.3 is 4.18 Å². The van der Waals surface area contributed by atoms with Gasteiger partial charge in [-0.15, -0.1) is 9.32 Å². The molecule has 1 aromatic carbocycles. The Labute approximate surface area is 179 Å². The Kier molecular flexibility index (Phi) is 4.88. The standard InChI is InChI=1S/C19H24N4O5S2/c1-19-7-6-15-14-5-3-13(26-29-28-27-20)8-11(14)2-4-16(15)17(19)9-12-10-23(22-18(12)19)30(21,24)25/h3,5,8,10,15-17H,2,4,6-7,9,20H2,1H3,(H2,21,24,25)/t15?,16?,17?,19-/m0/s1.